The average Bonchev–Trinajstić information content (AvgIpc) is 2.99. The van der Waals surface area contributed by atoms with Crippen molar-refractivity contribution >= 4 is 28.2 Å². The molecule has 0 saturated carbocycles. The van der Waals surface area contributed by atoms with Crippen molar-refractivity contribution in [3.8, 4) is 0 Å². The molecule has 132 valence electrons. The molecular weight excluding hydrogens is 338 g/mol. The lowest BCUT2D eigenvalue weighted by Gasteiger charge is -2.38. The van der Waals surface area contributed by atoms with E-state index in [4.69, 9.17) is 0 Å². The lowest BCUT2D eigenvalue weighted by molar-refractivity contribution is 0.327. The van der Waals surface area contributed by atoms with Crippen LogP contribution >= 0.6 is 11.8 Å². The number of hydrogen-bond donors (Lipinski definition) is 1. The fourth-order valence-corrected chi connectivity index (χ4v) is 5.48. The smallest absolute Gasteiger partial charge is 0.0959 e. The third kappa shape index (κ3) is 2.55. The first-order chi connectivity index (χ1) is 12.7. The van der Waals surface area contributed by atoms with Gasteiger partial charge in [0.15, 0.2) is 0 Å². The number of aromatic amines is 1. The first kappa shape index (κ1) is 16.0. The third-order valence-corrected chi connectivity index (χ3v) is 6.92. The van der Waals surface area contributed by atoms with Gasteiger partial charge < -0.3 is 9.88 Å². The molecule has 3 aromatic rings. The van der Waals surface area contributed by atoms with Gasteiger partial charge in [-0.25, -0.2) is 4.98 Å². The highest BCUT2D eigenvalue weighted by Crippen LogP contribution is 2.44. The number of hydrogen-bond acceptors (Lipinski definition) is 3. The number of likely N-dealkylation sites (N-methyl/N-ethyl adjacent to an activating group) is 1. The second-order valence-electron chi connectivity index (χ2n) is 7.49. The normalized spacial score (nSPS) is 19.2. The maximum atomic E-state index is 4.46. The Kier molecular flexibility index (Phi) is 3.82. The molecule has 0 radical (unpaired) electrons. The van der Waals surface area contributed by atoms with E-state index in [2.05, 4.69) is 59.2 Å². The number of aromatic nitrogens is 2. The first-order valence-corrected chi connectivity index (χ1v) is 10.3. The van der Waals surface area contributed by atoms with Crippen molar-refractivity contribution in [1.29, 1.82) is 0 Å². The van der Waals surface area contributed by atoms with Gasteiger partial charge in [0.2, 0.25) is 0 Å². The average molecular weight is 362 g/mol. The number of aryl methyl sites for hydroxylation is 1. The topological polar surface area (TPSA) is 31.9 Å². The molecular formula is C22H23N3S. The van der Waals surface area contributed by atoms with Gasteiger partial charge in [-0.3, -0.25) is 0 Å². The maximum Gasteiger partial charge on any atom is 0.0959 e. The standard InChI is InChI=1S/C22H23N3S/c1-14-17-11-20-18(16-6-5-7-19(24-14)22(16)17)10-15(12-25(20)2)13-26-21-8-3-4-9-23-21/h3-9,15,24H,10-13H2,1-2H3/t15-/m1/s1. The number of pyridine rings is 1. The van der Waals surface area contributed by atoms with Crippen molar-refractivity contribution < 1.29 is 0 Å². The second-order valence-corrected chi connectivity index (χ2v) is 8.53. The number of nitrogens with one attached hydrogen (secondary N) is 1. The Balaban J connectivity index is 1.46. The van der Waals surface area contributed by atoms with Crippen LogP contribution in [0.2, 0.25) is 0 Å². The van der Waals surface area contributed by atoms with E-state index in [0.717, 1.165) is 23.7 Å². The summed E-state index contributed by atoms with van der Waals surface area (Å²) in [5.74, 6) is 1.77. The molecule has 2 aliphatic rings. The monoisotopic (exact) mass is 361 g/mol. The molecule has 4 heteroatoms. The van der Waals surface area contributed by atoms with Gasteiger partial charge in [-0.15, -0.1) is 11.8 Å². The predicted octanol–water partition coefficient (Wildman–Crippen LogP) is 4.88. The van der Waals surface area contributed by atoms with Crippen LogP contribution < -0.4 is 0 Å². The van der Waals surface area contributed by atoms with Crippen molar-refractivity contribution in [2.75, 3.05) is 19.3 Å². The van der Waals surface area contributed by atoms with Crippen LogP contribution in [0.15, 0.2) is 53.3 Å². The zero-order valence-corrected chi connectivity index (χ0v) is 16.1. The van der Waals surface area contributed by atoms with E-state index in [1.165, 1.54) is 39.8 Å². The highest BCUT2D eigenvalue weighted by molar-refractivity contribution is 7.99. The number of allylic oxidation sites excluding steroid dienone is 2. The molecule has 26 heavy (non-hydrogen) atoms. The molecule has 2 aromatic heterocycles. The summed E-state index contributed by atoms with van der Waals surface area (Å²) in [5, 5.41) is 2.58. The summed E-state index contributed by atoms with van der Waals surface area (Å²) in [7, 11) is 2.26. The molecule has 1 N–H and O–H groups in total. The second kappa shape index (κ2) is 6.20. The molecule has 0 bridgehead atoms. The predicted molar refractivity (Wildman–Crippen MR) is 109 cm³/mol. The molecule has 0 saturated heterocycles. The van der Waals surface area contributed by atoms with E-state index in [9.17, 15) is 0 Å². The molecule has 3 nitrogen and oxygen atoms in total. The Morgan fingerprint density at radius 1 is 1.23 bits per heavy atom. The summed E-state index contributed by atoms with van der Waals surface area (Å²) >= 11 is 1.88. The molecule has 1 aliphatic carbocycles. The Hall–Kier alpha value is -2.20. The minimum atomic E-state index is 0.655. The van der Waals surface area contributed by atoms with Crippen LogP contribution in [-0.2, 0) is 6.42 Å². The van der Waals surface area contributed by atoms with Crippen molar-refractivity contribution in [3.63, 3.8) is 0 Å². The van der Waals surface area contributed by atoms with Gasteiger partial charge in [-0.2, -0.15) is 0 Å². The van der Waals surface area contributed by atoms with Crippen molar-refractivity contribution in [3.05, 3.63) is 65.1 Å². The third-order valence-electron chi connectivity index (χ3n) is 5.75. The van der Waals surface area contributed by atoms with Crippen molar-refractivity contribution in [2.24, 2.45) is 5.92 Å². The van der Waals surface area contributed by atoms with Crippen LogP contribution in [0.3, 0.4) is 0 Å². The van der Waals surface area contributed by atoms with E-state index < -0.39 is 0 Å². The zero-order chi connectivity index (χ0) is 17.7. The minimum Gasteiger partial charge on any atom is -0.377 e. The number of thioether (sulfide) groups is 1. The molecule has 5 rings (SSSR count). The summed E-state index contributed by atoms with van der Waals surface area (Å²) in [6.07, 6.45) is 4.12. The Bertz CT molecular complexity index is 1000. The van der Waals surface area contributed by atoms with Crippen molar-refractivity contribution in [1.82, 2.24) is 14.9 Å². The summed E-state index contributed by atoms with van der Waals surface area (Å²) in [6, 6.07) is 12.9. The van der Waals surface area contributed by atoms with Crippen LogP contribution in [0, 0.1) is 12.8 Å². The minimum absolute atomic E-state index is 0.655. The van der Waals surface area contributed by atoms with Gasteiger partial charge in [0, 0.05) is 54.3 Å². The quantitative estimate of drug-likeness (QED) is 0.675. The molecule has 0 fully saturated rings. The van der Waals surface area contributed by atoms with Gasteiger partial charge in [0.1, 0.15) is 0 Å². The van der Waals surface area contributed by atoms with Gasteiger partial charge >= 0.3 is 0 Å². The fourth-order valence-electron chi connectivity index (χ4n) is 4.54. The summed E-state index contributed by atoms with van der Waals surface area (Å²) < 4.78 is 0. The van der Waals surface area contributed by atoms with E-state index in [1.807, 2.05) is 24.0 Å². The maximum absolute atomic E-state index is 4.46. The van der Waals surface area contributed by atoms with Crippen LogP contribution in [0.4, 0.5) is 0 Å². The Morgan fingerprint density at radius 3 is 3.00 bits per heavy atom. The van der Waals surface area contributed by atoms with E-state index >= 15 is 0 Å². The van der Waals surface area contributed by atoms with Gasteiger partial charge in [0.05, 0.1) is 5.03 Å². The van der Waals surface area contributed by atoms with E-state index in [0.29, 0.717) is 5.92 Å². The molecule has 0 amide bonds. The summed E-state index contributed by atoms with van der Waals surface area (Å²) in [4.78, 5) is 10.5. The van der Waals surface area contributed by atoms with Crippen LogP contribution in [0.1, 0.15) is 23.2 Å². The molecule has 1 aliphatic heterocycles. The SMILES string of the molecule is Cc1[nH]c2cccc3c2c1CC1=C3C[C@@H](CSc2ccccn2)CN1C. The molecule has 1 atom stereocenters. The number of fused-ring (bicyclic) bond motifs is 1. The van der Waals surface area contributed by atoms with Crippen LogP contribution in [0.25, 0.3) is 16.5 Å². The van der Waals surface area contributed by atoms with Crippen LogP contribution in [-0.4, -0.2) is 34.2 Å². The highest BCUT2D eigenvalue weighted by Gasteiger charge is 2.31. The van der Waals surface area contributed by atoms with E-state index in [-0.39, 0.29) is 0 Å². The largest absolute Gasteiger partial charge is 0.377 e. The number of benzene rings is 1. The highest BCUT2D eigenvalue weighted by atomic mass is 32.2. The molecule has 0 spiro atoms. The van der Waals surface area contributed by atoms with Crippen LogP contribution in [0.5, 0.6) is 0 Å². The lowest BCUT2D eigenvalue weighted by Crippen LogP contribution is -2.34. The van der Waals surface area contributed by atoms with Gasteiger partial charge in [-0.1, -0.05) is 18.2 Å². The van der Waals surface area contributed by atoms with Gasteiger partial charge in [-0.05, 0) is 54.2 Å². The Labute approximate surface area is 158 Å². The van der Waals surface area contributed by atoms with E-state index in [1.54, 1.807) is 5.57 Å². The first-order valence-electron chi connectivity index (χ1n) is 9.28. The fraction of sp³-hybridized carbons (Fsp3) is 0.318. The van der Waals surface area contributed by atoms with Crippen molar-refractivity contribution in [2.45, 2.75) is 24.8 Å². The zero-order valence-electron chi connectivity index (χ0n) is 15.2. The molecule has 3 heterocycles. The summed E-state index contributed by atoms with van der Waals surface area (Å²) in [5.41, 5.74) is 8.62. The molecule has 0 unspecified atom stereocenters. The number of H-pyrrole nitrogens is 1. The number of rotatable bonds is 3. The molecule has 1 aromatic carbocycles. The Morgan fingerprint density at radius 2 is 2.15 bits per heavy atom. The lowest BCUT2D eigenvalue weighted by atomic mass is 9.81. The van der Waals surface area contributed by atoms with Gasteiger partial charge in [0.25, 0.3) is 0 Å². The number of nitrogens with zero attached hydrogens (tertiary/aromatic N) is 2. The summed E-state index contributed by atoms with van der Waals surface area (Å²) in [6.45, 7) is 3.34.